The van der Waals surface area contributed by atoms with Crippen LogP contribution in [0.5, 0.6) is 0 Å². The summed E-state index contributed by atoms with van der Waals surface area (Å²) in [5, 5.41) is 0. The first kappa shape index (κ1) is 14.5. The van der Waals surface area contributed by atoms with E-state index in [-0.39, 0.29) is 0 Å². The van der Waals surface area contributed by atoms with Crippen LogP contribution < -0.4 is 0 Å². The van der Waals surface area contributed by atoms with Crippen molar-refractivity contribution in [2.24, 2.45) is 0 Å². The van der Waals surface area contributed by atoms with Crippen molar-refractivity contribution in [1.82, 2.24) is 0 Å². The molecule has 15 heavy (non-hydrogen) atoms. The summed E-state index contributed by atoms with van der Waals surface area (Å²) in [6, 6.07) is 0. The topological polar surface area (TPSA) is 0 Å². The molecule has 0 heteroatoms. The third-order valence-corrected chi connectivity index (χ3v) is 2.54. The maximum atomic E-state index is 2.35. The number of unbranched alkanes of at least 4 members (excludes halogenated alkanes) is 6. The molecule has 0 nitrogen and oxygen atoms in total. The van der Waals surface area contributed by atoms with Crippen molar-refractivity contribution in [3.8, 4) is 0 Å². The molecule has 0 aliphatic rings. The smallest absolute Gasteiger partial charge is 0.0316 e. The maximum Gasteiger partial charge on any atom is -0.0316 e. The summed E-state index contributed by atoms with van der Waals surface area (Å²) in [6.45, 7) is 4.45. The van der Waals surface area contributed by atoms with Gasteiger partial charge in [-0.25, -0.2) is 0 Å². The largest absolute Gasteiger partial charge is 0.0888 e. The summed E-state index contributed by atoms with van der Waals surface area (Å²) in [5.41, 5.74) is 0. The molecule has 0 unspecified atom stereocenters. The molecule has 0 aliphatic carbocycles. The normalized spacial score (nSPS) is 11.9. The second-order valence-electron chi connectivity index (χ2n) is 4.13. The Labute approximate surface area is 96.5 Å². The highest BCUT2D eigenvalue weighted by atomic mass is 13.9. The van der Waals surface area contributed by atoms with E-state index in [0.29, 0.717) is 0 Å². The van der Waals surface area contributed by atoms with Gasteiger partial charge >= 0.3 is 0 Å². The van der Waals surface area contributed by atoms with E-state index < -0.39 is 0 Å². The minimum atomic E-state index is 1.17. The van der Waals surface area contributed by atoms with Gasteiger partial charge < -0.3 is 0 Å². The molecule has 88 valence electrons. The molecule has 0 N–H and O–H groups in total. The highest BCUT2D eigenvalue weighted by Crippen LogP contribution is 2.05. The van der Waals surface area contributed by atoms with Crippen molar-refractivity contribution < 1.29 is 0 Å². The third kappa shape index (κ3) is 13.5. The molecule has 0 spiro atoms. The first-order valence-electron chi connectivity index (χ1n) is 6.71. The van der Waals surface area contributed by atoms with Crippen LogP contribution in [0, 0.1) is 0 Å². The lowest BCUT2D eigenvalue weighted by atomic mass is 10.1. The Hall–Kier alpha value is -0.520. The first-order valence-corrected chi connectivity index (χ1v) is 6.71. The summed E-state index contributed by atoms with van der Waals surface area (Å²) < 4.78 is 0. The van der Waals surface area contributed by atoms with Gasteiger partial charge in [-0.1, -0.05) is 63.8 Å². The molecule has 0 aromatic heterocycles. The third-order valence-electron chi connectivity index (χ3n) is 2.54. The standard InChI is InChI=1S/C15H28/c1-3-5-7-9-11-13-15-14-12-10-8-6-4-2/h5,7,13,15H,3-4,6,8-12,14H2,1-2H3. The van der Waals surface area contributed by atoms with Crippen LogP contribution in [-0.4, -0.2) is 0 Å². The fourth-order valence-corrected chi connectivity index (χ4v) is 1.58. The molecule has 0 heterocycles. The van der Waals surface area contributed by atoms with Gasteiger partial charge in [0.25, 0.3) is 0 Å². The van der Waals surface area contributed by atoms with Crippen LogP contribution >= 0.6 is 0 Å². The predicted molar refractivity (Wildman–Crippen MR) is 71.2 cm³/mol. The van der Waals surface area contributed by atoms with Crippen LogP contribution in [0.3, 0.4) is 0 Å². The van der Waals surface area contributed by atoms with Crippen molar-refractivity contribution in [1.29, 1.82) is 0 Å². The lowest BCUT2D eigenvalue weighted by molar-refractivity contribution is 0.637. The number of rotatable bonds is 10. The molecule has 0 amide bonds. The zero-order valence-electron chi connectivity index (χ0n) is 10.7. The molecule has 0 radical (unpaired) electrons. The zero-order chi connectivity index (χ0) is 11.2. The zero-order valence-corrected chi connectivity index (χ0v) is 10.7. The van der Waals surface area contributed by atoms with Gasteiger partial charge in [0, 0.05) is 0 Å². The number of hydrogen-bond acceptors (Lipinski definition) is 0. The highest BCUT2D eigenvalue weighted by molar-refractivity contribution is 4.87. The Bertz CT molecular complexity index is 153. The van der Waals surface area contributed by atoms with Gasteiger partial charge in [-0.05, 0) is 32.1 Å². The Morgan fingerprint density at radius 1 is 0.600 bits per heavy atom. The molecule has 0 aliphatic heterocycles. The molecule has 0 fully saturated rings. The van der Waals surface area contributed by atoms with Crippen LogP contribution in [0.2, 0.25) is 0 Å². The average Bonchev–Trinajstić information content (AvgIpc) is 2.26. The monoisotopic (exact) mass is 208 g/mol. The number of hydrogen-bond donors (Lipinski definition) is 0. The van der Waals surface area contributed by atoms with Gasteiger partial charge in [0.1, 0.15) is 0 Å². The number of allylic oxidation sites excluding steroid dienone is 4. The van der Waals surface area contributed by atoms with E-state index in [1.54, 1.807) is 0 Å². The van der Waals surface area contributed by atoms with E-state index in [0.717, 1.165) is 0 Å². The fraction of sp³-hybridized carbons (Fsp3) is 0.733. The molecule has 0 saturated carbocycles. The SMILES string of the molecule is CCC=CCCC=CCCCCCCC. The maximum absolute atomic E-state index is 2.35. The van der Waals surface area contributed by atoms with E-state index in [9.17, 15) is 0 Å². The quantitative estimate of drug-likeness (QED) is 0.321. The van der Waals surface area contributed by atoms with Gasteiger partial charge in [-0.15, -0.1) is 0 Å². The van der Waals surface area contributed by atoms with Crippen molar-refractivity contribution >= 4 is 0 Å². The van der Waals surface area contributed by atoms with Crippen molar-refractivity contribution in [2.75, 3.05) is 0 Å². The van der Waals surface area contributed by atoms with Gasteiger partial charge in [0.2, 0.25) is 0 Å². The van der Waals surface area contributed by atoms with Crippen LogP contribution in [0.25, 0.3) is 0 Å². The Morgan fingerprint density at radius 3 is 1.87 bits per heavy atom. The van der Waals surface area contributed by atoms with Crippen LogP contribution in [0.1, 0.15) is 71.6 Å². The second-order valence-corrected chi connectivity index (χ2v) is 4.13. The molecule has 0 rings (SSSR count). The van der Waals surface area contributed by atoms with Gasteiger partial charge in [-0.2, -0.15) is 0 Å². The van der Waals surface area contributed by atoms with Crippen molar-refractivity contribution in [3.63, 3.8) is 0 Å². The first-order chi connectivity index (χ1) is 7.41. The van der Waals surface area contributed by atoms with Crippen LogP contribution in [0.15, 0.2) is 24.3 Å². The molecular formula is C15H28. The van der Waals surface area contributed by atoms with E-state index in [2.05, 4.69) is 38.2 Å². The summed E-state index contributed by atoms with van der Waals surface area (Å²) in [6.07, 6.45) is 21.0. The minimum Gasteiger partial charge on any atom is -0.0888 e. The minimum absolute atomic E-state index is 1.17. The lowest BCUT2D eigenvalue weighted by Crippen LogP contribution is -1.75. The van der Waals surface area contributed by atoms with Gasteiger partial charge in [-0.3, -0.25) is 0 Å². The molecule has 0 bridgehead atoms. The van der Waals surface area contributed by atoms with E-state index in [1.165, 1.54) is 57.8 Å². The van der Waals surface area contributed by atoms with Crippen LogP contribution in [0.4, 0.5) is 0 Å². The van der Waals surface area contributed by atoms with Crippen LogP contribution in [-0.2, 0) is 0 Å². The average molecular weight is 208 g/mol. The highest BCUT2D eigenvalue weighted by Gasteiger charge is 1.86. The Morgan fingerprint density at radius 2 is 1.20 bits per heavy atom. The van der Waals surface area contributed by atoms with E-state index in [4.69, 9.17) is 0 Å². The summed E-state index contributed by atoms with van der Waals surface area (Å²) in [7, 11) is 0. The Balaban J connectivity index is 3.07. The molecule has 0 aromatic carbocycles. The van der Waals surface area contributed by atoms with Gasteiger partial charge in [0.05, 0.1) is 0 Å². The Kier molecular flexibility index (Phi) is 13.0. The molecule has 0 atom stereocenters. The summed E-state index contributed by atoms with van der Waals surface area (Å²) in [4.78, 5) is 0. The van der Waals surface area contributed by atoms with E-state index in [1.807, 2.05) is 0 Å². The lowest BCUT2D eigenvalue weighted by Gasteiger charge is -1.95. The van der Waals surface area contributed by atoms with Crippen molar-refractivity contribution in [3.05, 3.63) is 24.3 Å². The van der Waals surface area contributed by atoms with Crippen molar-refractivity contribution in [2.45, 2.75) is 71.6 Å². The molecular weight excluding hydrogens is 180 g/mol. The van der Waals surface area contributed by atoms with E-state index >= 15 is 0 Å². The summed E-state index contributed by atoms with van der Waals surface area (Å²) in [5.74, 6) is 0. The molecule has 0 aromatic rings. The second kappa shape index (κ2) is 13.5. The summed E-state index contributed by atoms with van der Waals surface area (Å²) >= 11 is 0. The van der Waals surface area contributed by atoms with Gasteiger partial charge in [0.15, 0.2) is 0 Å². The molecule has 0 saturated heterocycles. The fourth-order valence-electron chi connectivity index (χ4n) is 1.58. The predicted octanol–water partition coefficient (Wildman–Crippen LogP) is 5.65.